The number of carbonyl (C=O) groups is 2. The normalized spacial score (nSPS) is 18.4. The zero-order valence-electron chi connectivity index (χ0n) is 11.7. The smallest absolute Gasteiger partial charge is 0.243 e. The van der Waals surface area contributed by atoms with E-state index in [0.717, 1.165) is 12.1 Å². The highest BCUT2D eigenvalue weighted by Crippen LogP contribution is 2.12. The van der Waals surface area contributed by atoms with Crippen molar-refractivity contribution in [2.45, 2.75) is 12.5 Å². The zero-order valence-corrected chi connectivity index (χ0v) is 11.7. The summed E-state index contributed by atoms with van der Waals surface area (Å²) in [6, 6.07) is 2.78. The minimum atomic E-state index is -0.983. The Balaban J connectivity index is 2.10. The maximum absolute atomic E-state index is 13.2. The van der Waals surface area contributed by atoms with Crippen LogP contribution in [-0.4, -0.2) is 49.4 Å². The van der Waals surface area contributed by atoms with E-state index in [-0.39, 0.29) is 18.2 Å². The van der Waals surface area contributed by atoms with Crippen molar-refractivity contribution in [1.29, 1.82) is 0 Å². The number of benzene rings is 1. The van der Waals surface area contributed by atoms with Crippen LogP contribution in [0, 0.1) is 11.6 Å². The fraction of sp³-hybridized carbons (Fsp3) is 0.429. The van der Waals surface area contributed by atoms with Gasteiger partial charge in [-0.25, -0.2) is 8.78 Å². The van der Waals surface area contributed by atoms with Gasteiger partial charge in [-0.3, -0.25) is 9.59 Å². The summed E-state index contributed by atoms with van der Waals surface area (Å²) in [7, 11) is 1.51. The summed E-state index contributed by atoms with van der Waals surface area (Å²) >= 11 is 0. The fourth-order valence-electron chi connectivity index (χ4n) is 2.33. The van der Waals surface area contributed by atoms with Gasteiger partial charge in [0.2, 0.25) is 11.8 Å². The molecule has 0 saturated carbocycles. The number of hydrogen-bond donors (Lipinski definition) is 2. The molecule has 21 heavy (non-hydrogen) atoms. The molecule has 1 atom stereocenters. The Bertz CT molecular complexity index is 551. The lowest BCUT2D eigenvalue weighted by atomic mass is 10.1. The SMILES string of the molecule is CNC(=O)C1CNCCN1C(=O)Cc1ccc(F)c(F)c1. The van der Waals surface area contributed by atoms with Gasteiger partial charge in [-0.05, 0) is 17.7 Å². The minimum Gasteiger partial charge on any atom is -0.357 e. The second kappa shape index (κ2) is 6.62. The maximum Gasteiger partial charge on any atom is 0.243 e. The lowest BCUT2D eigenvalue weighted by molar-refractivity contribution is -0.140. The number of piperazine rings is 1. The van der Waals surface area contributed by atoms with Crippen molar-refractivity contribution in [3.05, 3.63) is 35.4 Å². The number of hydrogen-bond acceptors (Lipinski definition) is 3. The van der Waals surface area contributed by atoms with Crippen LogP contribution in [0.3, 0.4) is 0 Å². The highest BCUT2D eigenvalue weighted by molar-refractivity contribution is 5.88. The average molecular weight is 297 g/mol. The number of nitrogens with one attached hydrogen (secondary N) is 2. The van der Waals surface area contributed by atoms with Crippen molar-refractivity contribution in [3.8, 4) is 0 Å². The fourth-order valence-corrected chi connectivity index (χ4v) is 2.33. The van der Waals surface area contributed by atoms with Crippen LogP contribution < -0.4 is 10.6 Å². The summed E-state index contributed by atoms with van der Waals surface area (Å²) in [6.07, 6.45) is -0.0648. The third-order valence-corrected chi connectivity index (χ3v) is 3.45. The maximum atomic E-state index is 13.2. The van der Waals surface area contributed by atoms with Crippen molar-refractivity contribution in [2.75, 3.05) is 26.7 Å². The monoisotopic (exact) mass is 297 g/mol. The third kappa shape index (κ3) is 3.55. The topological polar surface area (TPSA) is 61.4 Å². The number of rotatable bonds is 3. The van der Waals surface area contributed by atoms with Crippen LogP contribution >= 0.6 is 0 Å². The van der Waals surface area contributed by atoms with Crippen LogP contribution in [-0.2, 0) is 16.0 Å². The van der Waals surface area contributed by atoms with E-state index < -0.39 is 17.7 Å². The van der Waals surface area contributed by atoms with Crippen molar-refractivity contribution in [3.63, 3.8) is 0 Å². The molecule has 1 aliphatic rings. The van der Waals surface area contributed by atoms with E-state index in [1.54, 1.807) is 0 Å². The van der Waals surface area contributed by atoms with E-state index in [2.05, 4.69) is 10.6 Å². The summed E-state index contributed by atoms with van der Waals surface area (Å²) in [4.78, 5) is 25.5. The summed E-state index contributed by atoms with van der Waals surface area (Å²) in [6.45, 7) is 1.38. The molecule has 0 aromatic heterocycles. The number of halogens is 2. The Hall–Kier alpha value is -2.02. The van der Waals surface area contributed by atoms with E-state index in [1.807, 2.05) is 0 Å². The molecule has 1 fully saturated rings. The quantitative estimate of drug-likeness (QED) is 0.829. The molecule has 1 unspecified atom stereocenters. The molecule has 0 bridgehead atoms. The van der Waals surface area contributed by atoms with Crippen LogP contribution in [0.25, 0.3) is 0 Å². The highest BCUT2D eigenvalue weighted by Gasteiger charge is 2.31. The number of nitrogens with zero attached hydrogens (tertiary/aromatic N) is 1. The molecule has 1 heterocycles. The first-order chi connectivity index (χ1) is 10.0. The molecule has 1 aromatic rings. The Morgan fingerprint density at radius 2 is 2.14 bits per heavy atom. The minimum absolute atomic E-state index is 0.0648. The van der Waals surface area contributed by atoms with Gasteiger partial charge < -0.3 is 15.5 Å². The van der Waals surface area contributed by atoms with E-state index in [9.17, 15) is 18.4 Å². The molecule has 1 aliphatic heterocycles. The van der Waals surface area contributed by atoms with Gasteiger partial charge in [-0.1, -0.05) is 6.07 Å². The summed E-state index contributed by atoms with van der Waals surface area (Å²) in [5, 5.41) is 5.57. The van der Waals surface area contributed by atoms with Gasteiger partial charge in [-0.2, -0.15) is 0 Å². The number of carbonyl (C=O) groups excluding carboxylic acids is 2. The molecule has 114 valence electrons. The van der Waals surface area contributed by atoms with Gasteiger partial charge >= 0.3 is 0 Å². The second-order valence-corrected chi connectivity index (χ2v) is 4.85. The first-order valence-corrected chi connectivity index (χ1v) is 6.68. The molecule has 2 rings (SSSR count). The van der Waals surface area contributed by atoms with Gasteiger partial charge in [-0.15, -0.1) is 0 Å². The molecule has 5 nitrogen and oxygen atoms in total. The van der Waals surface area contributed by atoms with Crippen LogP contribution in [0.4, 0.5) is 8.78 Å². The molecular weight excluding hydrogens is 280 g/mol. The first-order valence-electron chi connectivity index (χ1n) is 6.68. The van der Waals surface area contributed by atoms with E-state index in [1.165, 1.54) is 18.0 Å². The Labute approximate surface area is 121 Å². The largest absolute Gasteiger partial charge is 0.357 e. The lowest BCUT2D eigenvalue weighted by Crippen LogP contribution is -2.59. The molecule has 0 radical (unpaired) electrons. The van der Waals surface area contributed by atoms with E-state index >= 15 is 0 Å². The van der Waals surface area contributed by atoms with Crippen LogP contribution in [0.1, 0.15) is 5.56 Å². The van der Waals surface area contributed by atoms with Crippen LogP contribution in [0.5, 0.6) is 0 Å². The molecule has 0 aliphatic carbocycles. The van der Waals surface area contributed by atoms with Crippen molar-refractivity contribution >= 4 is 11.8 Å². The molecule has 7 heteroatoms. The van der Waals surface area contributed by atoms with Crippen molar-refractivity contribution in [1.82, 2.24) is 15.5 Å². The molecule has 1 saturated heterocycles. The van der Waals surface area contributed by atoms with Gasteiger partial charge in [0.05, 0.1) is 6.42 Å². The van der Waals surface area contributed by atoms with Crippen molar-refractivity contribution < 1.29 is 18.4 Å². The highest BCUT2D eigenvalue weighted by atomic mass is 19.2. The Morgan fingerprint density at radius 1 is 1.38 bits per heavy atom. The summed E-state index contributed by atoms with van der Waals surface area (Å²) in [5.74, 6) is -2.46. The predicted molar refractivity (Wildman–Crippen MR) is 72.5 cm³/mol. The molecular formula is C14H17F2N3O2. The predicted octanol–water partition coefficient (Wildman–Crippen LogP) is 0.0537. The average Bonchev–Trinajstić information content (AvgIpc) is 2.50. The standard InChI is InChI=1S/C14H17F2N3O2/c1-17-14(21)12-8-18-4-5-19(12)13(20)7-9-2-3-10(15)11(16)6-9/h2-3,6,12,18H,4-5,7-8H2,1H3,(H,17,21). The number of likely N-dealkylation sites (N-methyl/N-ethyl adjacent to an activating group) is 1. The second-order valence-electron chi connectivity index (χ2n) is 4.85. The molecule has 2 N–H and O–H groups in total. The van der Waals surface area contributed by atoms with Crippen molar-refractivity contribution in [2.24, 2.45) is 0 Å². The van der Waals surface area contributed by atoms with Gasteiger partial charge in [0.15, 0.2) is 11.6 Å². The van der Waals surface area contributed by atoms with Gasteiger partial charge in [0.25, 0.3) is 0 Å². The van der Waals surface area contributed by atoms with E-state index in [0.29, 0.717) is 25.2 Å². The van der Waals surface area contributed by atoms with Gasteiger partial charge in [0.1, 0.15) is 6.04 Å². The van der Waals surface area contributed by atoms with Gasteiger partial charge in [0, 0.05) is 26.7 Å². The third-order valence-electron chi connectivity index (χ3n) is 3.45. The zero-order chi connectivity index (χ0) is 15.4. The van der Waals surface area contributed by atoms with Crippen LogP contribution in [0.15, 0.2) is 18.2 Å². The lowest BCUT2D eigenvalue weighted by Gasteiger charge is -2.35. The Kier molecular flexibility index (Phi) is 4.85. The molecule has 2 amide bonds. The summed E-state index contributed by atoms with van der Waals surface area (Å²) < 4.78 is 26.0. The van der Waals surface area contributed by atoms with Crippen LogP contribution in [0.2, 0.25) is 0 Å². The molecule has 0 spiro atoms. The summed E-state index contributed by atoms with van der Waals surface area (Å²) in [5.41, 5.74) is 0.382. The first kappa shape index (κ1) is 15.4. The molecule has 1 aromatic carbocycles. The van der Waals surface area contributed by atoms with E-state index in [4.69, 9.17) is 0 Å². The Morgan fingerprint density at radius 3 is 2.81 bits per heavy atom. The number of amides is 2.